The molecule has 232 valence electrons. The first-order chi connectivity index (χ1) is 19.3. The van der Waals surface area contributed by atoms with Crippen LogP contribution in [0.15, 0.2) is 6.20 Å². The highest BCUT2D eigenvalue weighted by Gasteiger charge is 2.61. The van der Waals surface area contributed by atoms with Crippen molar-refractivity contribution in [3.8, 4) is 5.75 Å². The van der Waals surface area contributed by atoms with Gasteiger partial charge in [-0.2, -0.15) is 9.97 Å². The van der Waals surface area contributed by atoms with Crippen molar-refractivity contribution in [3.63, 3.8) is 0 Å². The van der Waals surface area contributed by atoms with Crippen LogP contribution in [0.3, 0.4) is 0 Å². The molecule has 2 aromatic rings. The number of aryl methyl sites for hydroxylation is 1. The zero-order valence-corrected chi connectivity index (χ0v) is 26.3. The molecule has 2 aromatic heterocycles. The van der Waals surface area contributed by atoms with E-state index in [4.69, 9.17) is 16.3 Å². The van der Waals surface area contributed by atoms with Crippen molar-refractivity contribution in [1.29, 1.82) is 0 Å². The summed E-state index contributed by atoms with van der Waals surface area (Å²) in [6.45, 7) is 15.5. The molecule has 2 unspecified atom stereocenters. The number of halogens is 1. The summed E-state index contributed by atoms with van der Waals surface area (Å²) in [7, 11) is 1.58. The summed E-state index contributed by atoms with van der Waals surface area (Å²) in [5, 5.41) is 43.2. The Balaban J connectivity index is 2.46. The molecule has 0 aromatic carbocycles. The number of amides is 2. The molecule has 0 spiro atoms. The molecule has 0 fully saturated rings. The van der Waals surface area contributed by atoms with Crippen LogP contribution in [-0.2, 0) is 12.1 Å². The standard InChI is InChI=1S/C28H41ClN6O7/c1-15-12-30-18(16(2)20(15)42-9)13-33-22-19(21(29)31-23(32-22)34(24(38)39)25(40)41)28(26(3,4)5,11-10-17(37)14-36)35(33)27(6,7)8/h12,17,36-37H,10-11,13-14H2,1-9H3,(H,38,39)(H,40,41). The molecule has 0 saturated heterocycles. The van der Waals surface area contributed by atoms with Crippen molar-refractivity contribution in [2.45, 2.75) is 92.0 Å². The number of aromatic nitrogens is 3. The summed E-state index contributed by atoms with van der Waals surface area (Å²) >= 11 is 6.89. The average molecular weight is 609 g/mol. The fourth-order valence-electron chi connectivity index (χ4n) is 5.93. The molecule has 0 radical (unpaired) electrons. The quantitative estimate of drug-likeness (QED) is 0.304. The number of carboxylic acid groups (broad SMARTS) is 2. The van der Waals surface area contributed by atoms with Crippen molar-refractivity contribution in [1.82, 2.24) is 20.0 Å². The molecule has 0 aliphatic carbocycles. The summed E-state index contributed by atoms with van der Waals surface area (Å²) in [5.41, 5.74) is 0.475. The van der Waals surface area contributed by atoms with Crippen LogP contribution in [0, 0.1) is 19.3 Å². The highest BCUT2D eigenvalue weighted by Crippen LogP contribution is 2.60. The minimum absolute atomic E-state index is 0.0107. The summed E-state index contributed by atoms with van der Waals surface area (Å²) < 4.78 is 5.63. The van der Waals surface area contributed by atoms with Crippen LogP contribution < -0.4 is 14.6 Å². The Hall–Kier alpha value is -3.26. The maximum Gasteiger partial charge on any atom is 0.424 e. The van der Waals surface area contributed by atoms with Crippen molar-refractivity contribution >= 4 is 35.6 Å². The second kappa shape index (κ2) is 11.8. The van der Waals surface area contributed by atoms with Crippen LogP contribution >= 0.6 is 11.6 Å². The lowest BCUT2D eigenvalue weighted by Crippen LogP contribution is -2.63. The number of anilines is 2. The average Bonchev–Trinajstić information content (AvgIpc) is 3.15. The predicted octanol–water partition coefficient (Wildman–Crippen LogP) is 4.72. The van der Waals surface area contributed by atoms with Crippen molar-refractivity contribution in [2.24, 2.45) is 5.41 Å². The molecule has 0 saturated carbocycles. The van der Waals surface area contributed by atoms with Crippen LogP contribution in [0.1, 0.15) is 76.8 Å². The lowest BCUT2D eigenvalue weighted by Gasteiger charge is -2.55. The van der Waals surface area contributed by atoms with Crippen molar-refractivity contribution in [2.75, 3.05) is 23.6 Å². The van der Waals surface area contributed by atoms with Crippen molar-refractivity contribution in [3.05, 3.63) is 33.7 Å². The number of nitrogens with zero attached hydrogens (tertiary/aromatic N) is 6. The Morgan fingerprint density at radius 3 is 2.19 bits per heavy atom. The van der Waals surface area contributed by atoms with E-state index in [2.05, 4.69) is 20.0 Å². The third-order valence-corrected chi connectivity index (χ3v) is 7.93. The lowest BCUT2D eigenvalue weighted by atomic mass is 9.66. The molecule has 2 amide bonds. The fourth-order valence-corrected chi connectivity index (χ4v) is 6.25. The summed E-state index contributed by atoms with van der Waals surface area (Å²) in [6.07, 6.45) is -2.40. The molecule has 1 aliphatic rings. The molecule has 1 aliphatic heterocycles. The van der Waals surface area contributed by atoms with Gasteiger partial charge in [-0.25, -0.2) is 14.6 Å². The van der Waals surface area contributed by atoms with E-state index in [-0.39, 0.29) is 28.8 Å². The normalized spacial score (nSPS) is 18.1. The molecule has 42 heavy (non-hydrogen) atoms. The van der Waals surface area contributed by atoms with E-state index in [0.29, 0.717) is 23.4 Å². The number of ether oxygens (including phenoxy) is 1. The van der Waals surface area contributed by atoms with Gasteiger partial charge in [0.2, 0.25) is 5.95 Å². The number of methoxy groups -OCH3 is 1. The van der Waals surface area contributed by atoms with Gasteiger partial charge in [-0.1, -0.05) is 32.4 Å². The molecule has 2 atom stereocenters. The zero-order valence-electron chi connectivity index (χ0n) is 25.6. The van der Waals surface area contributed by atoms with Crippen LogP contribution in [0.4, 0.5) is 21.4 Å². The number of fused-ring (bicyclic) bond motifs is 1. The third-order valence-electron chi connectivity index (χ3n) is 7.65. The van der Waals surface area contributed by atoms with Gasteiger partial charge in [-0.3, -0.25) is 9.99 Å². The monoisotopic (exact) mass is 608 g/mol. The molecule has 4 N–H and O–H groups in total. The van der Waals surface area contributed by atoms with Gasteiger partial charge in [-0.05, 0) is 52.9 Å². The molecular weight excluding hydrogens is 568 g/mol. The maximum absolute atomic E-state index is 11.9. The topological polar surface area (TPSA) is 173 Å². The number of hydrazine groups is 1. The van der Waals surface area contributed by atoms with Gasteiger partial charge in [0.1, 0.15) is 10.9 Å². The minimum Gasteiger partial charge on any atom is -0.496 e. The smallest absolute Gasteiger partial charge is 0.424 e. The van der Waals surface area contributed by atoms with Gasteiger partial charge >= 0.3 is 12.2 Å². The summed E-state index contributed by atoms with van der Waals surface area (Å²) in [6, 6.07) is 0. The van der Waals surface area contributed by atoms with E-state index in [1.807, 2.05) is 60.4 Å². The van der Waals surface area contributed by atoms with Gasteiger partial charge in [0.05, 0.1) is 43.2 Å². The third kappa shape index (κ3) is 5.70. The number of carbonyl (C=O) groups is 2. The van der Waals surface area contributed by atoms with Gasteiger partial charge in [0.15, 0.2) is 5.82 Å². The Bertz CT molecular complexity index is 1350. The van der Waals surface area contributed by atoms with E-state index in [1.165, 1.54) is 0 Å². The minimum atomic E-state index is -1.79. The number of aliphatic hydroxyl groups excluding tert-OH is 2. The highest BCUT2D eigenvalue weighted by molar-refractivity contribution is 6.31. The maximum atomic E-state index is 11.9. The Labute approximate surface area is 250 Å². The lowest BCUT2D eigenvalue weighted by molar-refractivity contribution is -0.0787. The molecule has 0 bridgehead atoms. The second-order valence-corrected chi connectivity index (χ2v) is 12.8. The van der Waals surface area contributed by atoms with Gasteiger partial charge in [-0.15, -0.1) is 4.90 Å². The van der Waals surface area contributed by atoms with Crippen LogP contribution in [-0.4, -0.2) is 77.9 Å². The summed E-state index contributed by atoms with van der Waals surface area (Å²) in [5.74, 6) is 0.254. The first kappa shape index (κ1) is 33.2. The number of imide groups is 1. The summed E-state index contributed by atoms with van der Waals surface area (Å²) in [4.78, 5) is 37.2. The number of pyridine rings is 1. The van der Waals surface area contributed by atoms with Crippen molar-refractivity contribution < 1.29 is 34.8 Å². The number of aliphatic hydroxyl groups is 2. The van der Waals surface area contributed by atoms with Crippen LogP contribution in [0.5, 0.6) is 5.75 Å². The molecular formula is C28H41ClN6O7. The van der Waals surface area contributed by atoms with Gasteiger partial charge in [0.25, 0.3) is 0 Å². The van der Waals surface area contributed by atoms with E-state index in [1.54, 1.807) is 13.3 Å². The van der Waals surface area contributed by atoms with E-state index >= 15 is 0 Å². The first-order valence-corrected chi connectivity index (χ1v) is 13.9. The molecule has 3 rings (SSSR count). The molecule has 14 heteroatoms. The largest absolute Gasteiger partial charge is 0.496 e. The molecule has 3 heterocycles. The highest BCUT2D eigenvalue weighted by atomic mass is 35.5. The zero-order chi connectivity index (χ0) is 31.9. The predicted molar refractivity (Wildman–Crippen MR) is 157 cm³/mol. The first-order valence-electron chi connectivity index (χ1n) is 13.5. The number of hydrogen-bond acceptors (Lipinski definition) is 10. The number of rotatable bonds is 8. The van der Waals surface area contributed by atoms with Gasteiger partial charge in [0, 0.05) is 22.9 Å². The van der Waals surface area contributed by atoms with E-state index in [9.17, 15) is 30.0 Å². The Kier molecular flexibility index (Phi) is 9.33. The molecule has 13 nitrogen and oxygen atoms in total. The van der Waals surface area contributed by atoms with Crippen LogP contribution in [0.25, 0.3) is 0 Å². The van der Waals surface area contributed by atoms with E-state index in [0.717, 1.165) is 11.1 Å². The second-order valence-electron chi connectivity index (χ2n) is 12.5. The Morgan fingerprint density at radius 2 is 1.71 bits per heavy atom. The number of hydrogen-bond donors (Lipinski definition) is 4. The van der Waals surface area contributed by atoms with Crippen LogP contribution in [0.2, 0.25) is 5.15 Å². The Morgan fingerprint density at radius 1 is 1.12 bits per heavy atom. The SMILES string of the molecule is COc1c(C)cnc(CN2c3nc(N(C(=O)O)C(=O)O)nc(Cl)c3C(CCC(O)CO)(C(C)(C)C)N2C(C)(C)C)c1C. The van der Waals surface area contributed by atoms with Gasteiger partial charge < -0.3 is 25.2 Å². The fraction of sp³-hybridized carbons (Fsp3) is 0.607. The van der Waals surface area contributed by atoms with E-state index < -0.39 is 47.3 Å².